The van der Waals surface area contributed by atoms with Crippen LogP contribution in [-0.4, -0.2) is 0 Å². The van der Waals surface area contributed by atoms with Gasteiger partial charge in [0.2, 0.25) is 0 Å². The van der Waals surface area contributed by atoms with Gasteiger partial charge < -0.3 is 4.42 Å². The van der Waals surface area contributed by atoms with Gasteiger partial charge in [0.15, 0.2) is 0 Å². The highest BCUT2D eigenvalue weighted by Crippen LogP contribution is 2.60. The molecule has 0 atom stereocenters. The Labute approximate surface area is 319 Å². The molecule has 10 aromatic carbocycles. The zero-order chi connectivity index (χ0) is 39.7. The summed E-state index contributed by atoms with van der Waals surface area (Å²) in [5.74, 6) is 0. The van der Waals surface area contributed by atoms with Crippen LogP contribution >= 0.6 is 0 Å². The van der Waals surface area contributed by atoms with Crippen molar-refractivity contribution in [3.63, 3.8) is 0 Å². The first kappa shape index (κ1) is 25.1. The van der Waals surface area contributed by atoms with E-state index < -0.39 is 11.5 Å². The fourth-order valence-corrected chi connectivity index (χ4v) is 9.58. The van der Waals surface area contributed by atoms with Crippen LogP contribution in [0.1, 0.15) is 29.1 Å². The molecule has 1 heteroatoms. The maximum atomic E-state index is 8.98. The van der Waals surface area contributed by atoms with Gasteiger partial charge in [0, 0.05) is 16.3 Å². The second-order valence-corrected chi connectivity index (χ2v) is 14.4. The fraction of sp³-hybridized carbons (Fsp3) is 0.0189. The van der Waals surface area contributed by atoms with Crippen LogP contribution in [0.5, 0.6) is 0 Å². The molecular weight excluding hydrogens is 653 g/mol. The van der Waals surface area contributed by atoms with Gasteiger partial charge in [-0.25, -0.2) is 0 Å². The van der Waals surface area contributed by atoms with Crippen LogP contribution in [0.4, 0.5) is 0 Å². The van der Waals surface area contributed by atoms with Gasteiger partial charge in [0.25, 0.3) is 0 Å². The second kappa shape index (κ2) is 11.0. The minimum absolute atomic E-state index is 0.174. The molecule has 1 aliphatic carbocycles. The van der Waals surface area contributed by atoms with E-state index in [-0.39, 0.29) is 29.7 Å². The maximum Gasteiger partial charge on any atom is 0.144 e. The van der Waals surface area contributed by atoms with Crippen LogP contribution in [0.2, 0.25) is 0 Å². The Morgan fingerprint density at radius 1 is 0.426 bits per heavy atom. The molecule has 0 N–H and O–H groups in total. The van der Waals surface area contributed by atoms with E-state index in [0.717, 1.165) is 66.4 Å². The molecule has 0 amide bonds. The molecule has 11 aromatic rings. The van der Waals surface area contributed by atoms with E-state index in [1.807, 2.05) is 36.4 Å². The van der Waals surface area contributed by atoms with Crippen molar-refractivity contribution in [1.82, 2.24) is 0 Å². The third-order valence-corrected chi connectivity index (χ3v) is 11.8. The standard InChI is InChI=1S/C53H32O/c1-4-13-33(14-5-1)37-27-30-42-45(31-37)53(38-17-6-2-7-18-38,39-19-8-3-9-20-39)46-32-44(50-43-21-10-11-22-47(43)54-52(50)51(42)46)40-28-25-36-24-23-34-15-12-16-35-26-29-41(40)49(36)48(34)35/h1-32H/i1D,4D,5D,13D,14D. The number of rotatable bonds is 4. The summed E-state index contributed by atoms with van der Waals surface area (Å²) < 4.78 is 50.4. The van der Waals surface area contributed by atoms with Crippen molar-refractivity contribution in [3.8, 4) is 33.4 Å². The Kier molecular flexibility index (Phi) is 5.12. The highest BCUT2D eigenvalue weighted by molar-refractivity contribution is 6.28. The zero-order valence-electron chi connectivity index (χ0n) is 34.0. The topological polar surface area (TPSA) is 13.1 Å². The summed E-state index contributed by atoms with van der Waals surface area (Å²) in [6.07, 6.45) is 0. The molecule has 1 heterocycles. The molecule has 1 aliphatic rings. The van der Waals surface area contributed by atoms with Gasteiger partial charge in [-0.3, -0.25) is 0 Å². The number of furan rings is 1. The molecule has 54 heavy (non-hydrogen) atoms. The quantitative estimate of drug-likeness (QED) is 0.168. The van der Waals surface area contributed by atoms with E-state index in [4.69, 9.17) is 11.3 Å². The zero-order valence-corrected chi connectivity index (χ0v) is 29.0. The van der Waals surface area contributed by atoms with Crippen LogP contribution in [0, 0.1) is 0 Å². The first-order chi connectivity index (χ1) is 28.9. The monoisotopic (exact) mass is 689 g/mol. The van der Waals surface area contributed by atoms with Crippen molar-refractivity contribution >= 4 is 54.3 Å². The van der Waals surface area contributed by atoms with E-state index in [1.54, 1.807) is 0 Å². The molecule has 250 valence electrons. The van der Waals surface area contributed by atoms with Gasteiger partial charge in [0.05, 0.1) is 12.3 Å². The summed E-state index contributed by atoms with van der Waals surface area (Å²) in [7, 11) is 0. The summed E-state index contributed by atoms with van der Waals surface area (Å²) in [5, 5.41) is 9.34. The number of hydrogen-bond donors (Lipinski definition) is 0. The highest BCUT2D eigenvalue weighted by Gasteiger charge is 2.48. The summed E-state index contributed by atoms with van der Waals surface area (Å²) in [6.45, 7) is 0. The van der Waals surface area contributed by atoms with Crippen LogP contribution < -0.4 is 0 Å². The summed E-state index contributed by atoms with van der Waals surface area (Å²) in [5.41, 5.74) is 9.63. The SMILES string of the molecule is [2H]c1c([2H])c([2H])c(-c2ccc3c(c2)C(c2ccccc2)(c2ccccc2)c2cc(-c4ccc5ccc6cccc7ccc4c5c67)c4c(oc5ccccc54)c2-3)c([2H])c1[2H]. The Balaban J connectivity index is 1.27. The molecule has 0 radical (unpaired) electrons. The lowest BCUT2D eigenvalue weighted by molar-refractivity contribution is 0.669. The van der Waals surface area contributed by atoms with Crippen LogP contribution in [0.25, 0.3) is 87.6 Å². The first-order valence-corrected chi connectivity index (χ1v) is 18.3. The van der Waals surface area contributed by atoms with Crippen molar-refractivity contribution in [3.05, 3.63) is 216 Å². The molecule has 0 saturated carbocycles. The Morgan fingerprint density at radius 2 is 1.07 bits per heavy atom. The van der Waals surface area contributed by atoms with Crippen LogP contribution in [0.15, 0.2) is 198 Å². The van der Waals surface area contributed by atoms with Gasteiger partial charge in [0.1, 0.15) is 11.2 Å². The predicted molar refractivity (Wildman–Crippen MR) is 226 cm³/mol. The van der Waals surface area contributed by atoms with E-state index in [1.165, 1.54) is 32.3 Å². The minimum atomic E-state index is -0.887. The molecule has 0 spiro atoms. The molecule has 0 fully saturated rings. The number of benzene rings is 10. The summed E-state index contributed by atoms with van der Waals surface area (Å²) in [6, 6.07) is 56.0. The van der Waals surface area contributed by atoms with Gasteiger partial charge in [-0.05, 0) is 101 Å². The molecule has 0 unspecified atom stereocenters. The largest absolute Gasteiger partial charge is 0.455 e. The van der Waals surface area contributed by atoms with Gasteiger partial charge >= 0.3 is 0 Å². The number of para-hydroxylation sites is 1. The lowest BCUT2D eigenvalue weighted by atomic mass is 9.67. The van der Waals surface area contributed by atoms with Gasteiger partial charge in [-0.2, -0.15) is 0 Å². The Morgan fingerprint density at radius 3 is 1.83 bits per heavy atom. The average Bonchev–Trinajstić information content (AvgIpc) is 3.81. The number of fused-ring (bicyclic) bond motifs is 7. The van der Waals surface area contributed by atoms with Crippen molar-refractivity contribution in [1.29, 1.82) is 0 Å². The second-order valence-electron chi connectivity index (χ2n) is 14.4. The van der Waals surface area contributed by atoms with Crippen molar-refractivity contribution in [2.45, 2.75) is 5.41 Å². The molecule has 0 aliphatic heterocycles. The van der Waals surface area contributed by atoms with Gasteiger partial charge in [-0.15, -0.1) is 0 Å². The van der Waals surface area contributed by atoms with Crippen LogP contribution in [0.3, 0.4) is 0 Å². The molecule has 1 aromatic heterocycles. The maximum absolute atomic E-state index is 8.98. The smallest absolute Gasteiger partial charge is 0.144 e. The van der Waals surface area contributed by atoms with E-state index in [2.05, 4.69) is 127 Å². The van der Waals surface area contributed by atoms with Crippen LogP contribution in [-0.2, 0) is 5.41 Å². The van der Waals surface area contributed by atoms with E-state index in [9.17, 15) is 0 Å². The fourth-order valence-electron chi connectivity index (χ4n) is 9.58. The summed E-state index contributed by atoms with van der Waals surface area (Å²) >= 11 is 0. The average molecular weight is 690 g/mol. The normalized spacial score (nSPS) is 14.6. The Bertz CT molecular complexity index is 3470. The minimum Gasteiger partial charge on any atom is -0.455 e. The lowest BCUT2D eigenvalue weighted by Gasteiger charge is -2.34. The van der Waals surface area contributed by atoms with E-state index in [0.29, 0.717) is 5.56 Å². The lowest BCUT2D eigenvalue weighted by Crippen LogP contribution is -2.28. The van der Waals surface area contributed by atoms with Crippen molar-refractivity contribution in [2.75, 3.05) is 0 Å². The third-order valence-electron chi connectivity index (χ3n) is 11.8. The molecular formula is C53H32O. The third kappa shape index (κ3) is 3.88. The molecule has 0 saturated heterocycles. The van der Waals surface area contributed by atoms with Crippen molar-refractivity contribution < 1.29 is 11.3 Å². The van der Waals surface area contributed by atoms with Gasteiger partial charge in [-0.1, -0.05) is 176 Å². The van der Waals surface area contributed by atoms with Crippen molar-refractivity contribution in [2.24, 2.45) is 0 Å². The molecule has 12 rings (SSSR count). The molecule has 0 bridgehead atoms. The number of hydrogen-bond acceptors (Lipinski definition) is 1. The Hall–Kier alpha value is -6.96. The first-order valence-electron chi connectivity index (χ1n) is 20.8. The molecule has 1 nitrogen and oxygen atoms in total. The predicted octanol–water partition coefficient (Wildman–Crippen LogP) is 14.2. The summed E-state index contributed by atoms with van der Waals surface area (Å²) in [4.78, 5) is 0. The highest BCUT2D eigenvalue weighted by atomic mass is 16.3. The van der Waals surface area contributed by atoms with E-state index >= 15 is 0 Å².